The van der Waals surface area contributed by atoms with Gasteiger partial charge in [0.15, 0.2) is 23.0 Å². The highest BCUT2D eigenvalue weighted by Crippen LogP contribution is 2.30. The van der Waals surface area contributed by atoms with E-state index in [1.807, 2.05) is 0 Å². The molecule has 0 saturated carbocycles. The lowest BCUT2D eigenvalue weighted by atomic mass is 10.1. The van der Waals surface area contributed by atoms with Crippen LogP contribution in [-0.4, -0.2) is 121 Å². The smallest absolute Gasteiger partial charge is 0.280 e. The number of alkyl halides is 4. The number of pyridine rings is 2. The van der Waals surface area contributed by atoms with Crippen molar-refractivity contribution in [3.63, 3.8) is 0 Å². The van der Waals surface area contributed by atoms with Gasteiger partial charge in [0.05, 0.1) is 81.0 Å². The number of benzene rings is 2. The van der Waals surface area contributed by atoms with E-state index in [2.05, 4.69) is 19.9 Å². The molecule has 406 valence electrons. The largest absolute Gasteiger partial charge is 0.493 e. The summed E-state index contributed by atoms with van der Waals surface area (Å²) in [5.74, 6) is 0.520. The molecule has 0 bridgehead atoms. The molecule has 0 saturated heterocycles. The molecule has 0 spiro atoms. The molecule has 0 radical (unpaired) electrons. The molecule has 0 aliphatic rings. The van der Waals surface area contributed by atoms with Crippen LogP contribution in [0, 0.1) is 0 Å². The molecular weight excluding hydrogens is 1070 g/mol. The minimum atomic E-state index is -4.27. The highest BCUT2D eigenvalue weighted by Gasteiger charge is 2.25. The van der Waals surface area contributed by atoms with Crippen molar-refractivity contribution in [2.45, 2.75) is 62.9 Å². The molecule has 0 fully saturated rings. The summed E-state index contributed by atoms with van der Waals surface area (Å²) in [5.41, 5.74) is -0.249. The van der Waals surface area contributed by atoms with Crippen molar-refractivity contribution < 1.29 is 66.0 Å². The normalized spacial score (nSPS) is 12.3. The van der Waals surface area contributed by atoms with Crippen molar-refractivity contribution in [3.8, 4) is 45.5 Å². The zero-order chi connectivity index (χ0) is 55.3. The number of hydrogen-bond acceptors (Lipinski definition) is 17. The Labute approximate surface area is 433 Å². The molecule has 6 rings (SSSR count). The fourth-order valence-electron chi connectivity index (χ4n) is 6.96. The summed E-state index contributed by atoms with van der Waals surface area (Å²) in [6, 6.07) is 17.6. The molecule has 1 atom stereocenters. The van der Waals surface area contributed by atoms with Crippen LogP contribution in [0.25, 0.3) is 22.5 Å². The fourth-order valence-corrected chi connectivity index (χ4v) is 11.3. The first-order valence-electron chi connectivity index (χ1n) is 22.7. The maximum absolute atomic E-state index is 13.6. The number of methoxy groups -OCH3 is 4. The van der Waals surface area contributed by atoms with E-state index in [9.17, 15) is 56.6 Å². The zero-order valence-electron chi connectivity index (χ0n) is 41.4. The Morgan fingerprint density at radius 1 is 0.547 bits per heavy atom. The number of hydrogen-bond donors (Lipinski definition) is 0. The first-order valence-corrected chi connectivity index (χ1v) is 29.3. The van der Waals surface area contributed by atoms with Gasteiger partial charge in [0.25, 0.3) is 24.0 Å². The first kappa shape index (κ1) is 59.3. The van der Waals surface area contributed by atoms with Crippen molar-refractivity contribution >= 4 is 40.3 Å². The van der Waals surface area contributed by atoms with Gasteiger partial charge in [-0.1, -0.05) is 26.0 Å². The molecular formula is C48H54F4N6O13S4. The summed E-state index contributed by atoms with van der Waals surface area (Å²) < 4.78 is 163. The van der Waals surface area contributed by atoms with Crippen LogP contribution in [0.5, 0.6) is 23.0 Å². The van der Waals surface area contributed by atoms with Gasteiger partial charge in [-0.2, -0.15) is 0 Å². The van der Waals surface area contributed by atoms with Crippen LogP contribution in [0.15, 0.2) is 105 Å². The second-order valence-corrected chi connectivity index (χ2v) is 24.6. The Morgan fingerprint density at radius 3 is 1.43 bits per heavy atom. The Kier molecular flexibility index (Phi) is 20.8. The highest BCUT2D eigenvalue weighted by atomic mass is 32.2. The summed E-state index contributed by atoms with van der Waals surface area (Å²) in [4.78, 5) is 40.5. The van der Waals surface area contributed by atoms with Gasteiger partial charge >= 0.3 is 0 Å². The zero-order valence-corrected chi connectivity index (χ0v) is 44.7. The lowest BCUT2D eigenvalue weighted by molar-refractivity contribution is 0.144. The van der Waals surface area contributed by atoms with E-state index in [0.29, 0.717) is 34.1 Å². The minimum absolute atomic E-state index is 0.0415. The average molecular weight is 1130 g/mol. The quantitative estimate of drug-likeness (QED) is 0.0487. The fraction of sp³-hybridized carbons (Fsp3) is 0.375. The molecule has 4 heterocycles. The SMILES string of the molecule is CCS(=O)(=O)CCCS(=O)(=O)c1nc(-c2ccc(=O)n(Cc3ccc(OC)c(OC)c3)c2)cc(C(F)F)n1.CCS(=O)(=O)CCCS(=O)c1nc(-c2ccc(=O)n(Cc3ccc(OC)c(OC)c3)c2)cc(C(F)F)n1. The predicted octanol–water partition coefficient (Wildman–Crippen LogP) is 6.15. The van der Waals surface area contributed by atoms with Crippen molar-refractivity contribution in [3.05, 3.63) is 128 Å². The van der Waals surface area contributed by atoms with Crippen LogP contribution >= 0.6 is 0 Å². The average Bonchev–Trinajstić information content (AvgIpc) is 3.39. The Balaban J connectivity index is 0.000000277. The molecule has 0 N–H and O–H groups in total. The lowest BCUT2D eigenvalue weighted by Crippen LogP contribution is -2.20. The number of rotatable bonds is 24. The van der Waals surface area contributed by atoms with Gasteiger partial charge in [-0.15, -0.1) is 0 Å². The number of sulfone groups is 3. The van der Waals surface area contributed by atoms with Crippen molar-refractivity contribution in [1.29, 1.82) is 0 Å². The maximum atomic E-state index is 13.6. The van der Waals surface area contributed by atoms with Gasteiger partial charge in [-0.25, -0.2) is 62.8 Å². The summed E-state index contributed by atoms with van der Waals surface area (Å²) in [7, 11) is -6.87. The van der Waals surface area contributed by atoms with E-state index in [-0.39, 0.29) is 82.4 Å². The molecule has 6 aromatic rings. The van der Waals surface area contributed by atoms with Crippen molar-refractivity contribution in [2.24, 2.45) is 0 Å². The highest BCUT2D eigenvalue weighted by molar-refractivity contribution is 7.92. The van der Waals surface area contributed by atoms with Gasteiger partial charge in [0.2, 0.25) is 20.2 Å². The summed E-state index contributed by atoms with van der Waals surface area (Å²) in [6.45, 7) is 3.20. The second-order valence-electron chi connectivity index (χ2n) is 16.2. The molecule has 75 heavy (non-hydrogen) atoms. The second kappa shape index (κ2) is 26.3. The Hall–Kier alpha value is -6.58. The van der Waals surface area contributed by atoms with Crippen LogP contribution in [0.3, 0.4) is 0 Å². The van der Waals surface area contributed by atoms with Crippen LogP contribution in [0.1, 0.15) is 62.1 Å². The van der Waals surface area contributed by atoms with Gasteiger partial charge < -0.3 is 28.1 Å². The molecule has 1 unspecified atom stereocenters. The standard InChI is InChI=1S/C24H27F2N3O7S2.C24H27F2N3O6S2/c1-4-37(31,32)10-5-11-38(33,34)24-27-18(13-19(28-24)23(25)26)17-7-9-22(30)29(15-17)14-16-6-8-20(35-2)21(12-16)36-3;1-4-37(32,33)11-5-10-36(31)24-27-18(13-19(28-24)23(25)26)17-7-9-22(30)29(15-17)14-16-6-8-20(34-2)21(12-16)35-3/h6-9,12-13,15,23H,4-5,10-11,14H2,1-3H3;6-9,12-13,15,23H,4-5,10-11,14H2,1-3H3. The van der Waals surface area contributed by atoms with E-state index in [1.54, 1.807) is 36.4 Å². The van der Waals surface area contributed by atoms with E-state index in [1.165, 1.54) is 88.1 Å². The summed E-state index contributed by atoms with van der Waals surface area (Å²) in [6.07, 6.45) is -3.35. The van der Waals surface area contributed by atoms with Gasteiger partial charge in [-0.3, -0.25) is 13.8 Å². The third-order valence-electron chi connectivity index (χ3n) is 11.1. The van der Waals surface area contributed by atoms with Crippen LogP contribution in [0.4, 0.5) is 17.6 Å². The Bertz CT molecular complexity index is 3470. The number of halogens is 4. The molecule has 0 aliphatic heterocycles. The molecule has 0 amide bonds. The molecule has 27 heteroatoms. The number of aromatic nitrogens is 6. The predicted molar refractivity (Wildman–Crippen MR) is 272 cm³/mol. The Morgan fingerprint density at radius 2 is 0.987 bits per heavy atom. The van der Waals surface area contributed by atoms with Crippen LogP contribution in [0.2, 0.25) is 0 Å². The third kappa shape index (κ3) is 16.5. The van der Waals surface area contributed by atoms with Crippen LogP contribution in [-0.2, 0) is 53.4 Å². The molecule has 2 aromatic carbocycles. The van der Waals surface area contributed by atoms with Crippen molar-refractivity contribution in [2.75, 3.05) is 63.0 Å². The van der Waals surface area contributed by atoms with Crippen molar-refractivity contribution in [1.82, 2.24) is 29.1 Å². The van der Waals surface area contributed by atoms with Gasteiger partial charge in [0, 0.05) is 52.9 Å². The first-order chi connectivity index (χ1) is 35.4. The lowest BCUT2D eigenvalue weighted by Gasteiger charge is -2.13. The summed E-state index contributed by atoms with van der Waals surface area (Å²) >= 11 is 0. The molecule has 0 aliphatic carbocycles. The number of nitrogens with zero attached hydrogens (tertiary/aromatic N) is 6. The maximum Gasteiger partial charge on any atom is 0.280 e. The monoisotopic (exact) mass is 1130 g/mol. The summed E-state index contributed by atoms with van der Waals surface area (Å²) in [5, 5.41) is -1.16. The van der Waals surface area contributed by atoms with E-state index in [0.717, 1.165) is 17.7 Å². The van der Waals surface area contributed by atoms with E-state index >= 15 is 0 Å². The topological polar surface area (TPSA) is 252 Å². The third-order valence-corrected chi connectivity index (χ3v) is 17.5. The van der Waals surface area contributed by atoms with E-state index in [4.69, 9.17) is 18.9 Å². The number of ether oxygens (including phenoxy) is 4. The van der Waals surface area contributed by atoms with Gasteiger partial charge in [-0.05, 0) is 72.5 Å². The van der Waals surface area contributed by atoms with Gasteiger partial charge in [0.1, 0.15) is 31.1 Å². The molecule has 19 nitrogen and oxygen atoms in total. The van der Waals surface area contributed by atoms with Crippen LogP contribution < -0.4 is 30.1 Å². The van der Waals surface area contributed by atoms with E-state index < -0.39 is 81.0 Å². The minimum Gasteiger partial charge on any atom is -0.493 e. The molecule has 4 aromatic heterocycles.